The van der Waals surface area contributed by atoms with Crippen LogP contribution in [0, 0.1) is 0 Å². The lowest BCUT2D eigenvalue weighted by Gasteiger charge is -2.22. The van der Waals surface area contributed by atoms with E-state index in [1.165, 1.54) is 0 Å². The fraction of sp³-hybridized carbons (Fsp3) is 0.294. The molecule has 0 bridgehead atoms. The van der Waals surface area contributed by atoms with Crippen molar-refractivity contribution in [2.45, 2.75) is 25.8 Å². The Morgan fingerprint density at radius 2 is 2.04 bits per heavy atom. The number of hydrogen-bond donors (Lipinski definition) is 2. The molecule has 0 saturated carbocycles. The second-order valence-corrected chi connectivity index (χ2v) is 6.56. The molecule has 1 amide bonds. The Kier molecular flexibility index (Phi) is 5.39. The number of thiophene rings is 1. The first-order chi connectivity index (χ1) is 10.9. The van der Waals surface area contributed by atoms with Gasteiger partial charge in [-0.25, -0.2) is 4.79 Å². The van der Waals surface area contributed by atoms with Gasteiger partial charge in [0.05, 0.1) is 5.41 Å². The highest BCUT2D eigenvalue weighted by atomic mass is 32.1. The Balaban J connectivity index is 1.96. The van der Waals surface area contributed by atoms with E-state index in [9.17, 15) is 9.59 Å². The molecular weight excluding hydrogens is 314 g/mol. The van der Waals surface area contributed by atoms with E-state index >= 15 is 0 Å². The number of carbonyl (C=O) groups is 2. The molecule has 0 unspecified atom stereocenters. The second-order valence-electron chi connectivity index (χ2n) is 5.61. The summed E-state index contributed by atoms with van der Waals surface area (Å²) in [5.41, 5.74) is 0.259. The predicted octanol–water partition coefficient (Wildman–Crippen LogP) is 2.81. The summed E-state index contributed by atoms with van der Waals surface area (Å²) >= 11 is 1.56. The zero-order valence-corrected chi connectivity index (χ0v) is 13.9. The summed E-state index contributed by atoms with van der Waals surface area (Å²) in [5, 5.41) is 13.5. The van der Waals surface area contributed by atoms with Crippen LogP contribution in [-0.2, 0) is 21.5 Å². The van der Waals surface area contributed by atoms with Gasteiger partial charge in [-0.2, -0.15) is 0 Å². The minimum absolute atomic E-state index is 0.0585. The van der Waals surface area contributed by atoms with Gasteiger partial charge in [0.15, 0.2) is 6.61 Å². The number of benzene rings is 1. The second kappa shape index (κ2) is 7.28. The molecular formula is C17H19NO4S. The smallest absolute Gasteiger partial charge is 0.341 e. The average molecular weight is 333 g/mol. The number of amides is 1. The van der Waals surface area contributed by atoms with E-state index < -0.39 is 11.4 Å². The largest absolute Gasteiger partial charge is 0.482 e. The Hall–Kier alpha value is -2.34. The maximum atomic E-state index is 12.4. The maximum absolute atomic E-state index is 12.4. The molecule has 0 aliphatic rings. The van der Waals surface area contributed by atoms with Crippen LogP contribution in [0.25, 0.3) is 0 Å². The van der Waals surface area contributed by atoms with Gasteiger partial charge in [0.25, 0.3) is 0 Å². The monoisotopic (exact) mass is 333 g/mol. The van der Waals surface area contributed by atoms with E-state index in [4.69, 9.17) is 9.84 Å². The van der Waals surface area contributed by atoms with E-state index in [0.29, 0.717) is 12.3 Å². The van der Waals surface area contributed by atoms with Gasteiger partial charge >= 0.3 is 5.97 Å². The van der Waals surface area contributed by atoms with Crippen LogP contribution in [0.15, 0.2) is 41.8 Å². The summed E-state index contributed by atoms with van der Waals surface area (Å²) in [6.07, 6.45) is 0. The fourth-order valence-electron chi connectivity index (χ4n) is 2.04. The van der Waals surface area contributed by atoms with Crippen LogP contribution in [0.4, 0.5) is 0 Å². The number of carboxylic acids is 1. The zero-order chi connectivity index (χ0) is 16.9. The van der Waals surface area contributed by atoms with Gasteiger partial charge in [-0.15, -0.1) is 11.3 Å². The first kappa shape index (κ1) is 17.0. The van der Waals surface area contributed by atoms with Crippen LogP contribution in [0.2, 0.25) is 0 Å². The summed E-state index contributed by atoms with van der Waals surface area (Å²) in [6, 6.07) is 10.9. The van der Waals surface area contributed by atoms with Crippen LogP contribution in [0.5, 0.6) is 5.75 Å². The van der Waals surface area contributed by atoms with Crippen molar-refractivity contribution in [2.75, 3.05) is 6.61 Å². The molecule has 0 aliphatic carbocycles. The van der Waals surface area contributed by atoms with E-state index in [2.05, 4.69) is 5.32 Å². The summed E-state index contributed by atoms with van der Waals surface area (Å²) in [5.74, 6) is -0.616. The number of nitrogens with one attached hydrogen (secondary N) is 1. The molecule has 2 rings (SSSR count). The lowest BCUT2D eigenvalue weighted by molar-refractivity contribution is -0.139. The van der Waals surface area contributed by atoms with Gasteiger partial charge in [0.2, 0.25) is 5.91 Å². The standard InChI is InChI=1S/C17H19NO4S/c1-17(2,14-7-4-8-23-14)16(21)18-10-12-5-3-6-13(9-12)22-11-15(19)20/h3-9H,10-11H2,1-2H3,(H,18,21)(H,19,20). The first-order valence-corrected chi connectivity index (χ1v) is 8.03. The molecule has 0 spiro atoms. The van der Waals surface area contributed by atoms with Crippen LogP contribution in [0.1, 0.15) is 24.3 Å². The highest BCUT2D eigenvalue weighted by Crippen LogP contribution is 2.27. The first-order valence-electron chi connectivity index (χ1n) is 7.15. The quantitative estimate of drug-likeness (QED) is 0.817. The Bertz CT molecular complexity index is 680. The van der Waals surface area contributed by atoms with Crippen molar-refractivity contribution < 1.29 is 19.4 Å². The molecule has 0 fully saturated rings. The van der Waals surface area contributed by atoms with Crippen molar-refractivity contribution in [1.29, 1.82) is 0 Å². The maximum Gasteiger partial charge on any atom is 0.341 e. The summed E-state index contributed by atoms with van der Waals surface area (Å²) in [6.45, 7) is 3.75. The molecule has 0 saturated heterocycles. The van der Waals surface area contributed by atoms with Crippen molar-refractivity contribution in [3.8, 4) is 5.75 Å². The van der Waals surface area contributed by atoms with Gasteiger partial charge in [0.1, 0.15) is 5.75 Å². The Morgan fingerprint density at radius 3 is 2.70 bits per heavy atom. The number of rotatable bonds is 7. The molecule has 0 atom stereocenters. The molecule has 1 heterocycles. The van der Waals surface area contributed by atoms with Crippen molar-refractivity contribution in [2.24, 2.45) is 0 Å². The van der Waals surface area contributed by atoms with Crippen molar-refractivity contribution >= 4 is 23.2 Å². The number of aliphatic carboxylic acids is 1. The minimum atomic E-state index is -1.03. The summed E-state index contributed by atoms with van der Waals surface area (Å²) in [4.78, 5) is 23.9. The van der Waals surface area contributed by atoms with Crippen LogP contribution in [0.3, 0.4) is 0 Å². The molecule has 0 radical (unpaired) electrons. The third kappa shape index (κ3) is 4.56. The van der Waals surface area contributed by atoms with E-state index in [-0.39, 0.29) is 12.5 Å². The third-order valence-electron chi connectivity index (χ3n) is 3.42. The van der Waals surface area contributed by atoms with E-state index in [0.717, 1.165) is 10.4 Å². The van der Waals surface area contributed by atoms with Crippen LogP contribution >= 0.6 is 11.3 Å². The van der Waals surface area contributed by atoms with Crippen molar-refractivity contribution in [1.82, 2.24) is 5.32 Å². The molecule has 2 aromatic rings. The van der Waals surface area contributed by atoms with E-state index in [1.807, 2.05) is 37.4 Å². The minimum Gasteiger partial charge on any atom is -0.482 e. The Labute approximate surface area is 138 Å². The highest BCUT2D eigenvalue weighted by molar-refractivity contribution is 7.10. The Morgan fingerprint density at radius 1 is 1.26 bits per heavy atom. The van der Waals surface area contributed by atoms with Crippen LogP contribution in [-0.4, -0.2) is 23.6 Å². The summed E-state index contributed by atoms with van der Waals surface area (Å²) in [7, 11) is 0. The predicted molar refractivity (Wildman–Crippen MR) is 88.8 cm³/mol. The zero-order valence-electron chi connectivity index (χ0n) is 13.0. The molecule has 122 valence electrons. The molecule has 1 aromatic heterocycles. The van der Waals surface area contributed by atoms with Gasteiger partial charge in [0, 0.05) is 11.4 Å². The van der Waals surface area contributed by atoms with E-state index in [1.54, 1.807) is 29.5 Å². The van der Waals surface area contributed by atoms with Gasteiger partial charge < -0.3 is 15.2 Å². The summed E-state index contributed by atoms with van der Waals surface area (Å²) < 4.78 is 5.13. The van der Waals surface area contributed by atoms with Gasteiger partial charge in [-0.05, 0) is 43.0 Å². The molecule has 2 N–H and O–H groups in total. The number of carbonyl (C=O) groups excluding carboxylic acids is 1. The number of ether oxygens (including phenoxy) is 1. The SMILES string of the molecule is CC(C)(C(=O)NCc1cccc(OCC(=O)O)c1)c1cccs1. The molecule has 6 heteroatoms. The number of hydrogen-bond acceptors (Lipinski definition) is 4. The van der Waals surface area contributed by atoms with Crippen molar-refractivity contribution in [3.05, 3.63) is 52.2 Å². The highest BCUT2D eigenvalue weighted by Gasteiger charge is 2.30. The lowest BCUT2D eigenvalue weighted by atomic mass is 9.90. The molecule has 0 aliphatic heterocycles. The molecule has 23 heavy (non-hydrogen) atoms. The number of carboxylic acid groups (broad SMARTS) is 1. The third-order valence-corrected chi connectivity index (χ3v) is 4.61. The van der Waals surface area contributed by atoms with Gasteiger partial charge in [-0.3, -0.25) is 4.79 Å². The molecule has 1 aromatic carbocycles. The molecule has 5 nitrogen and oxygen atoms in total. The van der Waals surface area contributed by atoms with Gasteiger partial charge in [-0.1, -0.05) is 18.2 Å². The van der Waals surface area contributed by atoms with Crippen LogP contribution < -0.4 is 10.1 Å². The lowest BCUT2D eigenvalue weighted by Crippen LogP contribution is -2.39. The normalized spacial score (nSPS) is 11.0. The average Bonchev–Trinajstić information content (AvgIpc) is 3.06. The van der Waals surface area contributed by atoms with Crippen molar-refractivity contribution in [3.63, 3.8) is 0 Å². The fourth-order valence-corrected chi connectivity index (χ4v) is 2.89. The topological polar surface area (TPSA) is 75.6 Å².